The van der Waals surface area contributed by atoms with E-state index in [-0.39, 0.29) is 0 Å². The van der Waals surface area contributed by atoms with Crippen molar-refractivity contribution in [2.45, 2.75) is 20.3 Å². The number of fused-ring (bicyclic) bond motifs is 5. The van der Waals surface area contributed by atoms with Gasteiger partial charge >= 0.3 is 0 Å². The van der Waals surface area contributed by atoms with Gasteiger partial charge in [-0.3, -0.25) is 0 Å². The van der Waals surface area contributed by atoms with Crippen LogP contribution >= 0.6 is 0 Å². The summed E-state index contributed by atoms with van der Waals surface area (Å²) >= 11 is 0. The molecule has 0 radical (unpaired) electrons. The van der Waals surface area contributed by atoms with E-state index in [1.54, 1.807) is 5.57 Å². The van der Waals surface area contributed by atoms with E-state index in [9.17, 15) is 0 Å². The van der Waals surface area contributed by atoms with E-state index in [1.807, 2.05) is 0 Å². The van der Waals surface area contributed by atoms with Crippen LogP contribution in [0, 0.1) is 29.6 Å². The highest BCUT2D eigenvalue weighted by Gasteiger charge is 2.48. The summed E-state index contributed by atoms with van der Waals surface area (Å²) in [6.45, 7) is 4.72. The Kier molecular flexibility index (Phi) is 1.18. The Labute approximate surface area is 74.4 Å². The van der Waals surface area contributed by atoms with Crippen molar-refractivity contribution in [3.8, 4) is 0 Å². The van der Waals surface area contributed by atoms with Crippen molar-refractivity contribution in [1.29, 1.82) is 0 Å². The van der Waals surface area contributed by atoms with Crippen LogP contribution in [0.3, 0.4) is 0 Å². The maximum Gasteiger partial charge on any atom is -0.0128 e. The first-order valence-corrected chi connectivity index (χ1v) is 5.14. The van der Waals surface area contributed by atoms with E-state index in [0.717, 1.165) is 29.6 Å². The van der Waals surface area contributed by atoms with E-state index in [1.165, 1.54) is 6.42 Å². The SMILES string of the molecule is CC1=C[C@@H]2[C@H]([C@@H]1C)[C@H]1C=C[C@@H]2C1. The van der Waals surface area contributed by atoms with Crippen LogP contribution in [0.15, 0.2) is 23.8 Å². The largest absolute Gasteiger partial charge is 0.0848 e. The molecular weight excluding hydrogens is 144 g/mol. The molecule has 1 saturated carbocycles. The van der Waals surface area contributed by atoms with Crippen molar-refractivity contribution in [3.05, 3.63) is 23.8 Å². The monoisotopic (exact) mass is 160 g/mol. The Balaban J connectivity index is 2.01. The molecule has 0 nitrogen and oxygen atoms in total. The molecule has 3 aliphatic carbocycles. The maximum absolute atomic E-state index is 2.55. The second kappa shape index (κ2) is 2.04. The summed E-state index contributed by atoms with van der Waals surface area (Å²) in [5.74, 6) is 4.56. The van der Waals surface area contributed by atoms with Crippen LogP contribution in [0.2, 0.25) is 0 Å². The molecule has 0 heteroatoms. The second-order valence-corrected chi connectivity index (χ2v) is 4.80. The fourth-order valence-electron chi connectivity index (χ4n) is 3.60. The minimum atomic E-state index is 0.856. The molecule has 0 aromatic heterocycles. The van der Waals surface area contributed by atoms with Gasteiger partial charge < -0.3 is 0 Å². The molecule has 64 valence electrons. The molecule has 0 aromatic rings. The standard InChI is InChI=1S/C12H16/c1-7-5-11-9-3-4-10(6-9)12(11)8(7)2/h3-5,8-12H,6H2,1-2H3/t8-,9-,10+,11+,12-/m1/s1. The van der Waals surface area contributed by atoms with Gasteiger partial charge in [-0.05, 0) is 42.9 Å². The smallest absolute Gasteiger partial charge is 0.0128 e. The summed E-state index contributed by atoms with van der Waals surface area (Å²) in [5.41, 5.74) is 1.64. The molecule has 12 heavy (non-hydrogen) atoms. The van der Waals surface area contributed by atoms with Crippen molar-refractivity contribution in [2.24, 2.45) is 29.6 Å². The Hall–Kier alpha value is -0.520. The van der Waals surface area contributed by atoms with Crippen molar-refractivity contribution < 1.29 is 0 Å². The topological polar surface area (TPSA) is 0 Å². The highest BCUT2D eigenvalue weighted by atomic mass is 14.5. The minimum absolute atomic E-state index is 0.856. The first kappa shape index (κ1) is 6.94. The molecule has 3 aliphatic rings. The van der Waals surface area contributed by atoms with E-state index in [2.05, 4.69) is 32.1 Å². The van der Waals surface area contributed by atoms with Gasteiger partial charge in [-0.2, -0.15) is 0 Å². The lowest BCUT2D eigenvalue weighted by Gasteiger charge is -2.24. The zero-order valence-corrected chi connectivity index (χ0v) is 7.83. The van der Waals surface area contributed by atoms with Gasteiger partial charge in [0, 0.05) is 0 Å². The molecule has 0 N–H and O–H groups in total. The molecule has 1 fully saturated rings. The lowest BCUT2D eigenvalue weighted by atomic mass is 9.80. The molecule has 2 bridgehead atoms. The second-order valence-electron chi connectivity index (χ2n) is 4.80. The Morgan fingerprint density at radius 1 is 1.25 bits per heavy atom. The average molecular weight is 160 g/mol. The molecule has 3 rings (SSSR count). The lowest BCUT2D eigenvalue weighted by molar-refractivity contribution is 0.320. The highest BCUT2D eigenvalue weighted by Crippen LogP contribution is 2.56. The predicted molar refractivity (Wildman–Crippen MR) is 50.6 cm³/mol. The van der Waals surface area contributed by atoms with Gasteiger partial charge in [-0.15, -0.1) is 0 Å². The normalized spacial score (nSPS) is 54.5. The molecule has 0 amide bonds. The van der Waals surface area contributed by atoms with Crippen LogP contribution in [-0.2, 0) is 0 Å². The lowest BCUT2D eigenvalue weighted by Crippen LogP contribution is -2.19. The minimum Gasteiger partial charge on any atom is -0.0848 e. The summed E-state index contributed by atoms with van der Waals surface area (Å²) in [5, 5.41) is 0. The quantitative estimate of drug-likeness (QED) is 0.478. The Bertz CT molecular complexity index is 272. The van der Waals surface area contributed by atoms with Crippen LogP contribution in [-0.4, -0.2) is 0 Å². The summed E-state index contributed by atoms with van der Waals surface area (Å²) in [6.07, 6.45) is 8.91. The first-order chi connectivity index (χ1) is 5.77. The van der Waals surface area contributed by atoms with Crippen LogP contribution in [0.1, 0.15) is 20.3 Å². The highest BCUT2D eigenvalue weighted by molar-refractivity contribution is 5.27. The molecule has 0 saturated heterocycles. The van der Waals surface area contributed by atoms with Gasteiger partial charge in [0.05, 0.1) is 0 Å². The summed E-state index contributed by atoms with van der Waals surface area (Å²) in [4.78, 5) is 0. The number of rotatable bonds is 0. The van der Waals surface area contributed by atoms with Gasteiger partial charge in [0.1, 0.15) is 0 Å². The van der Waals surface area contributed by atoms with Gasteiger partial charge in [-0.25, -0.2) is 0 Å². The summed E-state index contributed by atoms with van der Waals surface area (Å²) in [7, 11) is 0. The van der Waals surface area contributed by atoms with Crippen molar-refractivity contribution in [2.75, 3.05) is 0 Å². The summed E-state index contributed by atoms with van der Waals surface area (Å²) < 4.78 is 0. The first-order valence-electron chi connectivity index (χ1n) is 5.14. The average Bonchev–Trinajstić information content (AvgIpc) is 2.66. The fourth-order valence-corrected chi connectivity index (χ4v) is 3.60. The zero-order valence-electron chi connectivity index (χ0n) is 7.83. The molecule has 5 atom stereocenters. The number of hydrogen-bond acceptors (Lipinski definition) is 0. The molecule has 0 aromatic carbocycles. The number of allylic oxidation sites excluding steroid dienone is 4. The Morgan fingerprint density at radius 3 is 2.75 bits per heavy atom. The molecule has 0 spiro atoms. The van der Waals surface area contributed by atoms with E-state index < -0.39 is 0 Å². The van der Waals surface area contributed by atoms with Gasteiger partial charge in [0.15, 0.2) is 0 Å². The van der Waals surface area contributed by atoms with Crippen LogP contribution in [0.4, 0.5) is 0 Å². The van der Waals surface area contributed by atoms with Crippen LogP contribution in [0.25, 0.3) is 0 Å². The third-order valence-corrected chi connectivity index (χ3v) is 4.33. The van der Waals surface area contributed by atoms with Crippen LogP contribution in [0.5, 0.6) is 0 Å². The third-order valence-electron chi connectivity index (χ3n) is 4.33. The predicted octanol–water partition coefficient (Wildman–Crippen LogP) is 3.02. The van der Waals surface area contributed by atoms with Crippen molar-refractivity contribution in [1.82, 2.24) is 0 Å². The fraction of sp³-hybridized carbons (Fsp3) is 0.667. The van der Waals surface area contributed by atoms with Gasteiger partial charge in [0.2, 0.25) is 0 Å². The maximum atomic E-state index is 2.55. The molecule has 0 unspecified atom stereocenters. The van der Waals surface area contributed by atoms with E-state index >= 15 is 0 Å². The van der Waals surface area contributed by atoms with Gasteiger partial charge in [-0.1, -0.05) is 30.7 Å². The Morgan fingerprint density at radius 2 is 2.00 bits per heavy atom. The molecule has 0 heterocycles. The van der Waals surface area contributed by atoms with E-state index in [0.29, 0.717) is 0 Å². The van der Waals surface area contributed by atoms with Gasteiger partial charge in [0.25, 0.3) is 0 Å². The van der Waals surface area contributed by atoms with Crippen LogP contribution < -0.4 is 0 Å². The molecule has 0 aliphatic heterocycles. The van der Waals surface area contributed by atoms with Crippen molar-refractivity contribution in [3.63, 3.8) is 0 Å². The van der Waals surface area contributed by atoms with Crippen molar-refractivity contribution >= 4 is 0 Å². The summed E-state index contributed by atoms with van der Waals surface area (Å²) in [6, 6.07) is 0. The number of hydrogen-bond donors (Lipinski definition) is 0. The molecular formula is C12H16. The van der Waals surface area contributed by atoms with E-state index in [4.69, 9.17) is 0 Å². The zero-order chi connectivity index (χ0) is 8.29. The third kappa shape index (κ3) is 0.646.